The molecule has 3 heteroatoms. The smallest absolute Gasteiger partial charge is 0.122 e. The van der Waals surface area contributed by atoms with Crippen LogP contribution in [0, 0.1) is 5.41 Å². The molecule has 0 bridgehead atoms. The lowest BCUT2D eigenvalue weighted by molar-refractivity contribution is 0.124. The molecule has 1 N–H and O–H groups in total. The Balaban J connectivity index is 1.91. The maximum Gasteiger partial charge on any atom is 0.122 e. The number of nitrogens with one attached hydrogen (secondary N) is 1. The van der Waals surface area contributed by atoms with Gasteiger partial charge in [-0.3, -0.25) is 0 Å². The Morgan fingerprint density at radius 3 is 2.16 bits per heavy atom. The number of ether oxygens (including phenoxy) is 2. The van der Waals surface area contributed by atoms with E-state index in [2.05, 4.69) is 24.4 Å². The molecule has 0 amide bonds. The Morgan fingerprint density at radius 1 is 1.11 bits per heavy atom. The Kier molecular flexibility index (Phi) is 4.70. The third-order valence-corrected chi connectivity index (χ3v) is 4.40. The van der Waals surface area contributed by atoms with Gasteiger partial charge in [-0.1, -0.05) is 13.3 Å². The van der Waals surface area contributed by atoms with Gasteiger partial charge in [-0.05, 0) is 42.4 Å². The van der Waals surface area contributed by atoms with E-state index in [4.69, 9.17) is 9.47 Å². The minimum absolute atomic E-state index is 0.558. The predicted molar refractivity (Wildman–Crippen MR) is 77.8 cm³/mol. The van der Waals surface area contributed by atoms with Crippen molar-refractivity contribution < 1.29 is 9.47 Å². The van der Waals surface area contributed by atoms with Crippen molar-refractivity contribution in [2.75, 3.05) is 20.8 Å². The fourth-order valence-electron chi connectivity index (χ4n) is 2.77. The van der Waals surface area contributed by atoms with Gasteiger partial charge in [0.2, 0.25) is 0 Å². The van der Waals surface area contributed by atoms with Crippen molar-refractivity contribution >= 4 is 0 Å². The first-order chi connectivity index (χ1) is 9.21. The highest BCUT2D eigenvalue weighted by Crippen LogP contribution is 2.43. The average Bonchev–Trinajstić information content (AvgIpc) is 2.41. The number of rotatable bonds is 7. The van der Waals surface area contributed by atoms with Crippen LogP contribution in [0.3, 0.4) is 0 Å². The molecule has 0 saturated heterocycles. The van der Waals surface area contributed by atoms with E-state index in [9.17, 15) is 0 Å². The van der Waals surface area contributed by atoms with E-state index >= 15 is 0 Å². The highest BCUT2D eigenvalue weighted by molar-refractivity contribution is 5.38. The molecule has 2 rings (SSSR count). The van der Waals surface area contributed by atoms with Crippen molar-refractivity contribution in [2.45, 2.75) is 39.2 Å². The van der Waals surface area contributed by atoms with Crippen molar-refractivity contribution in [1.29, 1.82) is 0 Å². The molecule has 1 saturated carbocycles. The van der Waals surface area contributed by atoms with E-state index in [0.29, 0.717) is 5.41 Å². The standard InChI is InChI=1S/C16H25NO2/c1-4-16(6-5-7-16)12-17-11-13-8-14(18-2)10-15(9-13)19-3/h8-10,17H,4-7,11-12H2,1-3H3. The predicted octanol–water partition coefficient (Wildman–Crippen LogP) is 3.37. The third kappa shape index (κ3) is 3.41. The second-order valence-electron chi connectivity index (χ2n) is 5.53. The van der Waals surface area contributed by atoms with Crippen molar-refractivity contribution in [3.8, 4) is 11.5 Å². The molecule has 0 aromatic heterocycles. The number of methoxy groups -OCH3 is 2. The molecule has 0 unspecified atom stereocenters. The van der Waals surface area contributed by atoms with E-state index in [1.807, 2.05) is 6.07 Å². The van der Waals surface area contributed by atoms with Crippen molar-refractivity contribution in [3.05, 3.63) is 23.8 Å². The average molecular weight is 263 g/mol. The molecule has 3 nitrogen and oxygen atoms in total. The molecule has 106 valence electrons. The van der Waals surface area contributed by atoms with Gasteiger partial charge in [-0.2, -0.15) is 0 Å². The van der Waals surface area contributed by atoms with E-state index in [1.54, 1.807) is 14.2 Å². The van der Waals surface area contributed by atoms with Crippen LogP contribution in [0.2, 0.25) is 0 Å². The van der Waals surface area contributed by atoms with E-state index < -0.39 is 0 Å². The molecule has 1 aliphatic carbocycles. The quantitative estimate of drug-likeness (QED) is 0.818. The van der Waals surface area contributed by atoms with Gasteiger partial charge in [0, 0.05) is 19.2 Å². The van der Waals surface area contributed by atoms with Gasteiger partial charge in [0.25, 0.3) is 0 Å². The van der Waals surface area contributed by atoms with Crippen LogP contribution >= 0.6 is 0 Å². The summed E-state index contributed by atoms with van der Waals surface area (Å²) in [6.45, 7) is 4.29. The van der Waals surface area contributed by atoms with Crippen LogP contribution in [0.25, 0.3) is 0 Å². The van der Waals surface area contributed by atoms with Gasteiger partial charge < -0.3 is 14.8 Å². The minimum Gasteiger partial charge on any atom is -0.497 e. The molecule has 1 fully saturated rings. The molecular weight excluding hydrogens is 238 g/mol. The van der Waals surface area contributed by atoms with Crippen LogP contribution in [-0.2, 0) is 6.54 Å². The van der Waals surface area contributed by atoms with Gasteiger partial charge in [0.05, 0.1) is 14.2 Å². The lowest BCUT2D eigenvalue weighted by atomic mass is 9.67. The first-order valence-corrected chi connectivity index (χ1v) is 7.14. The molecule has 0 heterocycles. The molecule has 1 aromatic carbocycles. The summed E-state index contributed by atoms with van der Waals surface area (Å²) in [4.78, 5) is 0. The molecule has 0 spiro atoms. The minimum atomic E-state index is 0.558. The van der Waals surface area contributed by atoms with Crippen LogP contribution in [0.4, 0.5) is 0 Å². The molecule has 0 radical (unpaired) electrons. The summed E-state index contributed by atoms with van der Waals surface area (Å²) in [7, 11) is 3.37. The Bertz CT molecular complexity index is 385. The first-order valence-electron chi connectivity index (χ1n) is 7.14. The molecule has 0 atom stereocenters. The number of benzene rings is 1. The lowest BCUT2D eigenvalue weighted by Gasteiger charge is -2.41. The van der Waals surface area contributed by atoms with Crippen LogP contribution in [-0.4, -0.2) is 20.8 Å². The second-order valence-corrected chi connectivity index (χ2v) is 5.53. The molecule has 0 aliphatic heterocycles. The summed E-state index contributed by atoms with van der Waals surface area (Å²) in [5.74, 6) is 1.70. The summed E-state index contributed by atoms with van der Waals surface area (Å²) < 4.78 is 10.6. The van der Waals surface area contributed by atoms with Crippen LogP contribution < -0.4 is 14.8 Å². The third-order valence-electron chi connectivity index (χ3n) is 4.40. The summed E-state index contributed by atoms with van der Waals surface area (Å²) >= 11 is 0. The van der Waals surface area contributed by atoms with Gasteiger partial charge in [0.1, 0.15) is 11.5 Å². The van der Waals surface area contributed by atoms with Gasteiger partial charge in [-0.15, -0.1) is 0 Å². The zero-order chi connectivity index (χ0) is 13.7. The van der Waals surface area contributed by atoms with Gasteiger partial charge in [0.15, 0.2) is 0 Å². The summed E-state index contributed by atoms with van der Waals surface area (Å²) in [5, 5.41) is 3.59. The second kappa shape index (κ2) is 6.29. The monoisotopic (exact) mass is 263 g/mol. The first kappa shape index (κ1) is 14.2. The normalized spacial score (nSPS) is 16.8. The van der Waals surface area contributed by atoms with E-state index in [0.717, 1.165) is 24.6 Å². The molecule has 1 aliphatic rings. The van der Waals surface area contributed by atoms with Crippen molar-refractivity contribution in [3.63, 3.8) is 0 Å². The SMILES string of the molecule is CCC1(CNCc2cc(OC)cc(OC)c2)CCC1. The van der Waals surface area contributed by atoms with Crippen LogP contribution in [0.5, 0.6) is 11.5 Å². The van der Waals surface area contributed by atoms with Crippen molar-refractivity contribution in [1.82, 2.24) is 5.32 Å². The Labute approximate surface area is 116 Å². The lowest BCUT2D eigenvalue weighted by Crippen LogP contribution is -2.39. The molecule has 19 heavy (non-hydrogen) atoms. The summed E-state index contributed by atoms with van der Waals surface area (Å²) in [6.07, 6.45) is 5.42. The Morgan fingerprint density at radius 2 is 1.74 bits per heavy atom. The maximum atomic E-state index is 5.29. The maximum absolute atomic E-state index is 5.29. The fourth-order valence-corrected chi connectivity index (χ4v) is 2.77. The van der Waals surface area contributed by atoms with Crippen molar-refractivity contribution in [2.24, 2.45) is 5.41 Å². The van der Waals surface area contributed by atoms with Crippen LogP contribution in [0.1, 0.15) is 38.2 Å². The summed E-state index contributed by atoms with van der Waals surface area (Å²) in [5.41, 5.74) is 1.77. The molecule has 1 aromatic rings. The van der Waals surface area contributed by atoms with E-state index in [1.165, 1.54) is 31.2 Å². The van der Waals surface area contributed by atoms with E-state index in [-0.39, 0.29) is 0 Å². The van der Waals surface area contributed by atoms with Crippen LogP contribution in [0.15, 0.2) is 18.2 Å². The highest BCUT2D eigenvalue weighted by atomic mass is 16.5. The van der Waals surface area contributed by atoms with Gasteiger partial charge >= 0.3 is 0 Å². The summed E-state index contributed by atoms with van der Waals surface area (Å²) in [6, 6.07) is 6.03. The zero-order valence-electron chi connectivity index (χ0n) is 12.3. The highest BCUT2D eigenvalue weighted by Gasteiger charge is 2.34. The molecular formula is C16H25NO2. The largest absolute Gasteiger partial charge is 0.497 e. The topological polar surface area (TPSA) is 30.5 Å². The number of hydrogen-bond acceptors (Lipinski definition) is 3. The zero-order valence-corrected chi connectivity index (χ0v) is 12.3. The number of hydrogen-bond donors (Lipinski definition) is 1. The fraction of sp³-hybridized carbons (Fsp3) is 0.625. The Hall–Kier alpha value is -1.22. The van der Waals surface area contributed by atoms with Gasteiger partial charge in [-0.25, -0.2) is 0 Å².